The Morgan fingerprint density at radius 3 is 3.06 bits per heavy atom. The molecule has 1 unspecified atom stereocenters. The zero-order valence-electron chi connectivity index (χ0n) is 9.93. The highest BCUT2D eigenvalue weighted by Gasteiger charge is 2.12. The van der Waals surface area contributed by atoms with Gasteiger partial charge in [0.15, 0.2) is 0 Å². The highest BCUT2D eigenvalue weighted by atomic mass is 32.1. The monoisotopic (exact) mass is 252 g/mol. The molecule has 0 aromatic carbocycles. The average Bonchev–Trinajstić information content (AvgIpc) is 2.98. The third-order valence-electron chi connectivity index (χ3n) is 2.28. The van der Waals surface area contributed by atoms with E-state index in [4.69, 9.17) is 4.42 Å². The Bertz CT molecular complexity index is 440. The summed E-state index contributed by atoms with van der Waals surface area (Å²) >= 11 is 1.62. The summed E-state index contributed by atoms with van der Waals surface area (Å²) < 4.78 is 5.52. The molecule has 92 valence electrons. The van der Waals surface area contributed by atoms with Crippen LogP contribution in [0, 0.1) is 0 Å². The van der Waals surface area contributed by atoms with E-state index < -0.39 is 0 Å². The lowest BCUT2D eigenvalue weighted by atomic mass is 10.3. The molecular weight excluding hydrogens is 236 g/mol. The topological polar surface area (TPSA) is 63.0 Å². The van der Waals surface area contributed by atoms with Gasteiger partial charge in [-0.3, -0.25) is 0 Å². The van der Waals surface area contributed by atoms with Crippen molar-refractivity contribution in [3.05, 3.63) is 22.7 Å². The molecule has 0 radical (unpaired) electrons. The SMILES string of the molecule is CCCNC(C)c1nnc(Nc2ccsc2)o1. The maximum Gasteiger partial charge on any atom is 0.320 e. The maximum atomic E-state index is 5.52. The first-order valence-electron chi connectivity index (χ1n) is 5.65. The van der Waals surface area contributed by atoms with Crippen LogP contribution >= 0.6 is 11.3 Å². The molecule has 0 amide bonds. The second-order valence-corrected chi connectivity index (χ2v) is 4.54. The molecule has 2 aromatic rings. The van der Waals surface area contributed by atoms with Crippen LogP contribution in [0.15, 0.2) is 21.2 Å². The van der Waals surface area contributed by atoms with E-state index in [1.54, 1.807) is 11.3 Å². The third-order valence-corrected chi connectivity index (χ3v) is 2.97. The molecule has 0 spiro atoms. The Kier molecular flexibility index (Phi) is 4.11. The molecule has 2 N–H and O–H groups in total. The van der Waals surface area contributed by atoms with E-state index in [1.165, 1.54) is 0 Å². The van der Waals surface area contributed by atoms with Gasteiger partial charge in [0.2, 0.25) is 5.89 Å². The number of nitrogens with one attached hydrogen (secondary N) is 2. The van der Waals surface area contributed by atoms with Gasteiger partial charge in [0, 0.05) is 5.38 Å². The Balaban J connectivity index is 1.95. The minimum atomic E-state index is 0.0838. The van der Waals surface area contributed by atoms with E-state index in [-0.39, 0.29) is 6.04 Å². The smallest absolute Gasteiger partial charge is 0.320 e. The molecule has 0 fully saturated rings. The summed E-state index contributed by atoms with van der Waals surface area (Å²) in [6.45, 7) is 5.07. The Hall–Kier alpha value is -1.40. The van der Waals surface area contributed by atoms with E-state index >= 15 is 0 Å². The van der Waals surface area contributed by atoms with Crippen molar-refractivity contribution in [3.8, 4) is 0 Å². The van der Waals surface area contributed by atoms with Crippen LogP contribution in [0.25, 0.3) is 0 Å². The first-order valence-corrected chi connectivity index (χ1v) is 6.60. The van der Waals surface area contributed by atoms with Gasteiger partial charge in [-0.15, -0.1) is 5.10 Å². The van der Waals surface area contributed by atoms with Crippen molar-refractivity contribution in [2.24, 2.45) is 0 Å². The second kappa shape index (κ2) is 5.79. The summed E-state index contributed by atoms with van der Waals surface area (Å²) in [7, 11) is 0. The lowest BCUT2D eigenvalue weighted by Gasteiger charge is -2.07. The molecule has 0 aliphatic carbocycles. The van der Waals surface area contributed by atoms with Crippen molar-refractivity contribution in [2.45, 2.75) is 26.3 Å². The van der Waals surface area contributed by atoms with Gasteiger partial charge in [-0.2, -0.15) is 11.3 Å². The molecule has 5 nitrogen and oxygen atoms in total. The van der Waals surface area contributed by atoms with Crippen LogP contribution in [0.4, 0.5) is 11.7 Å². The van der Waals surface area contributed by atoms with Gasteiger partial charge in [-0.05, 0) is 31.3 Å². The average molecular weight is 252 g/mol. The maximum absolute atomic E-state index is 5.52. The minimum absolute atomic E-state index is 0.0838. The molecule has 2 rings (SSSR count). The quantitative estimate of drug-likeness (QED) is 0.827. The second-order valence-electron chi connectivity index (χ2n) is 3.76. The van der Waals surface area contributed by atoms with Crippen molar-refractivity contribution in [3.63, 3.8) is 0 Å². The third kappa shape index (κ3) is 3.28. The predicted octanol–water partition coefficient (Wildman–Crippen LogP) is 2.94. The van der Waals surface area contributed by atoms with Crippen molar-refractivity contribution in [1.82, 2.24) is 15.5 Å². The standard InChI is InChI=1S/C11H16N4OS/c1-3-5-12-8(2)10-14-15-11(16-10)13-9-4-6-17-7-9/h4,6-8,12H,3,5H2,1-2H3,(H,13,15). The summed E-state index contributed by atoms with van der Waals surface area (Å²) in [5.41, 5.74) is 0.972. The molecule has 0 bridgehead atoms. The van der Waals surface area contributed by atoms with Gasteiger partial charge in [0.1, 0.15) is 0 Å². The van der Waals surface area contributed by atoms with E-state index in [9.17, 15) is 0 Å². The summed E-state index contributed by atoms with van der Waals surface area (Å²) in [5, 5.41) is 18.3. The molecule has 1 atom stereocenters. The van der Waals surface area contributed by atoms with Gasteiger partial charge >= 0.3 is 6.01 Å². The molecule has 0 aliphatic heterocycles. The van der Waals surface area contributed by atoms with Gasteiger partial charge in [-0.25, -0.2) is 0 Å². The zero-order chi connectivity index (χ0) is 12.1. The Labute approximate surface area is 104 Å². The lowest BCUT2D eigenvalue weighted by molar-refractivity contribution is 0.424. The van der Waals surface area contributed by atoms with Gasteiger partial charge in [-0.1, -0.05) is 12.0 Å². The minimum Gasteiger partial charge on any atom is -0.406 e. The fourth-order valence-electron chi connectivity index (χ4n) is 1.37. The summed E-state index contributed by atoms with van der Waals surface area (Å²) in [5.74, 6) is 0.608. The number of nitrogens with zero attached hydrogens (tertiary/aromatic N) is 2. The van der Waals surface area contributed by atoms with Crippen LogP contribution in [0.5, 0.6) is 0 Å². The zero-order valence-corrected chi connectivity index (χ0v) is 10.8. The summed E-state index contributed by atoms with van der Waals surface area (Å²) in [6, 6.07) is 2.48. The van der Waals surface area contributed by atoms with Gasteiger partial charge in [0.25, 0.3) is 0 Å². The highest BCUT2D eigenvalue weighted by Crippen LogP contribution is 2.19. The van der Waals surface area contributed by atoms with E-state index in [0.717, 1.165) is 18.7 Å². The van der Waals surface area contributed by atoms with Crippen LogP contribution in [0.3, 0.4) is 0 Å². The number of hydrogen-bond acceptors (Lipinski definition) is 6. The number of rotatable bonds is 6. The number of aromatic nitrogens is 2. The summed E-state index contributed by atoms with van der Waals surface area (Å²) in [4.78, 5) is 0. The van der Waals surface area contributed by atoms with E-state index in [1.807, 2.05) is 23.8 Å². The molecule has 2 heterocycles. The van der Waals surface area contributed by atoms with Gasteiger partial charge < -0.3 is 15.1 Å². The van der Waals surface area contributed by atoms with Crippen molar-refractivity contribution < 1.29 is 4.42 Å². The highest BCUT2D eigenvalue weighted by molar-refractivity contribution is 7.08. The Morgan fingerprint density at radius 1 is 1.47 bits per heavy atom. The van der Waals surface area contributed by atoms with E-state index in [0.29, 0.717) is 11.9 Å². The first kappa shape index (κ1) is 12.1. The van der Waals surface area contributed by atoms with E-state index in [2.05, 4.69) is 27.8 Å². The number of anilines is 2. The normalized spacial score (nSPS) is 12.6. The van der Waals surface area contributed by atoms with Crippen LogP contribution in [0.2, 0.25) is 0 Å². The molecular formula is C11H16N4OS. The fourth-order valence-corrected chi connectivity index (χ4v) is 1.96. The largest absolute Gasteiger partial charge is 0.406 e. The fraction of sp³-hybridized carbons (Fsp3) is 0.455. The van der Waals surface area contributed by atoms with Crippen LogP contribution in [-0.4, -0.2) is 16.7 Å². The Morgan fingerprint density at radius 2 is 2.35 bits per heavy atom. The van der Waals surface area contributed by atoms with Crippen LogP contribution in [-0.2, 0) is 0 Å². The molecule has 0 saturated heterocycles. The molecule has 0 aliphatic rings. The molecule has 17 heavy (non-hydrogen) atoms. The molecule has 0 saturated carbocycles. The number of hydrogen-bond donors (Lipinski definition) is 2. The van der Waals surface area contributed by atoms with Crippen molar-refractivity contribution >= 4 is 23.0 Å². The molecule has 6 heteroatoms. The van der Waals surface area contributed by atoms with Crippen LogP contribution in [0.1, 0.15) is 32.2 Å². The van der Waals surface area contributed by atoms with Gasteiger partial charge in [0.05, 0.1) is 11.7 Å². The van der Waals surface area contributed by atoms with Crippen molar-refractivity contribution in [2.75, 3.05) is 11.9 Å². The van der Waals surface area contributed by atoms with Crippen molar-refractivity contribution in [1.29, 1.82) is 0 Å². The predicted molar refractivity (Wildman–Crippen MR) is 68.6 cm³/mol. The lowest BCUT2D eigenvalue weighted by Crippen LogP contribution is -2.19. The number of thiophene rings is 1. The van der Waals surface area contributed by atoms with Crippen LogP contribution < -0.4 is 10.6 Å². The summed E-state index contributed by atoms with van der Waals surface area (Å²) in [6.07, 6.45) is 1.08. The molecule has 2 aromatic heterocycles. The first-order chi connectivity index (χ1) is 8.29.